The summed E-state index contributed by atoms with van der Waals surface area (Å²) < 4.78 is 0. The average molecular weight is 287 g/mol. The van der Waals surface area contributed by atoms with E-state index in [1.54, 1.807) is 38.1 Å². The van der Waals surface area contributed by atoms with Crippen LogP contribution in [0.3, 0.4) is 0 Å². The van der Waals surface area contributed by atoms with Gasteiger partial charge in [0.15, 0.2) is 5.78 Å². The first-order valence-electron chi connectivity index (χ1n) is 6.44. The number of aryl methyl sites for hydroxylation is 1. The van der Waals surface area contributed by atoms with Crippen LogP contribution < -0.4 is 11.3 Å². The van der Waals surface area contributed by atoms with Gasteiger partial charge in [0.05, 0.1) is 6.61 Å². The predicted octanol–water partition coefficient (Wildman–Crippen LogP) is 0.958. The normalized spacial score (nSPS) is 10.5. The predicted molar refractivity (Wildman–Crippen MR) is 77.7 cm³/mol. The molecule has 0 aliphatic heterocycles. The monoisotopic (exact) mass is 287 g/mol. The number of aromatic amines is 1. The molecular weight excluding hydrogens is 270 g/mol. The molecule has 5 N–H and O–H groups in total. The van der Waals surface area contributed by atoms with E-state index in [1.165, 1.54) is 0 Å². The molecule has 21 heavy (non-hydrogen) atoms. The van der Waals surface area contributed by atoms with Gasteiger partial charge in [0.2, 0.25) is 0 Å². The summed E-state index contributed by atoms with van der Waals surface area (Å²) in [6.45, 7) is 3.29. The van der Waals surface area contributed by atoms with E-state index < -0.39 is 5.91 Å². The number of nitrogens with one attached hydrogen (secondary N) is 2. The van der Waals surface area contributed by atoms with Gasteiger partial charge in [0.25, 0.3) is 5.91 Å². The van der Waals surface area contributed by atoms with Crippen molar-refractivity contribution in [1.29, 1.82) is 0 Å². The van der Waals surface area contributed by atoms with Gasteiger partial charge in [-0.05, 0) is 31.0 Å². The Kier molecular flexibility index (Phi) is 4.21. The van der Waals surface area contributed by atoms with E-state index in [1.807, 2.05) is 5.43 Å². The lowest BCUT2D eigenvalue weighted by Gasteiger charge is -2.04. The molecule has 1 heterocycles. The van der Waals surface area contributed by atoms with E-state index in [4.69, 9.17) is 10.9 Å². The number of aromatic nitrogens is 1. The molecule has 6 heteroatoms. The van der Waals surface area contributed by atoms with Crippen molar-refractivity contribution in [3.05, 3.63) is 57.9 Å². The number of carbonyl (C=O) groups is 2. The molecule has 2 aromatic rings. The van der Waals surface area contributed by atoms with Gasteiger partial charge < -0.3 is 10.1 Å². The lowest BCUT2D eigenvalue weighted by molar-refractivity contribution is 0.0948. The number of ketones is 1. The number of amides is 1. The molecule has 1 aromatic heterocycles. The van der Waals surface area contributed by atoms with E-state index in [-0.39, 0.29) is 18.1 Å². The number of rotatable bonds is 4. The van der Waals surface area contributed by atoms with E-state index in [0.717, 1.165) is 0 Å². The Bertz CT molecular complexity index is 704. The molecule has 0 aliphatic carbocycles. The number of carbonyl (C=O) groups excluding carboxylic acids is 2. The fraction of sp³-hybridized carbons (Fsp3) is 0.200. The second kappa shape index (κ2) is 5.90. The molecule has 110 valence electrons. The van der Waals surface area contributed by atoms with Crippen molar-refractivity contribution in [2.75, 3.05) is 0 Å². The van der Waals surface area contributed by atoms with Crippen LogP contribution in [0.4, 0.5) is 0 Å². The van der Waals surface area contributed by atoms with Crippen LogP contribution in [0.25, 0.3) is 0 Å². The van der Waals surface area contributed by atoms with Crippen molar-refractivity contribution in [3.63, 3.8) is 0 Å². The molecule has 2 rings (SSSR count). The molecule has 6 nitrogen and oxygen atoms in total. The van der Waals surface area contributed by atoms with E-state index in [2.05, 4.69) is 4.98 Å². The fourth-order valence-corrected chi connectivity index (χ4v) is 2.35. The van der Waals surface area contributed by atoms with Crippen molar-refractivity contribution in [2.24, 2.45) is 5.84 Å². The minimum Gasteiger partial charge on any atom is -0.392 e. The number of benzene rings is 1. The Morgan fingerprint density at radius 2 is 2.05 bits per heavy atom. The zero-order valence-electron chi connectivity index (χ0n) is 11.9. The maximum absolute atomic E-state index is 12.6. The maximum Gasteiger partial charge on any atom is 0.281 e. The van der Waals surface area contributed by atoms with Crippen LogP contribution in [0.1, 0.15) is 43.2 Å². The molecule has 0 spiro atoms. The van der Waals surface area contributed by atoms with Gasteiger partial charge >= 0.3 is 0 Å². The quantitative estimate of drug-likeness (QED) is 0.291. The maximum atomic E-state index is 12.6. The molecule has 0 aliphatic rings. The summed E-state index contributed by atoms with van der Waals surface area (Å²) in [5, 5.41) is 9.15. The Hall–Kier alpha value is -2.44. The number of nitrogen functional groups attached to an aromatic ring is 1. The molecule has 0 saturated heterocycles. The molecule has 0 bridgehead atoms. The fourth-order valence-electron chi connectivity index (χ4n) is 2.35. The molecule has 0 unspecified atom stereocenters. The average Bonchev–Trinajstić information content (AvgIpc) is 2.80. The molecule has 1 amide bonds. The third-order valence-electron chi connectivity index (χ3n) is 3.39. The largest absolute Gasteiger partial charge is 0.392 e. The van der Waals surface area contributed by atoms with Crippen molar-refractivity contribution in [1.82, 2.24) is 10.4 Å². The molecule has 0 fully saturated rings. The molecule has 0 radical (unpaired) electrons. The summed E-state index contributed by atoms with van der Waals surface area (Å²) in [5.74, 6) is 4.45. The summed E-state index contributed by atoms with van der Waals surface area (Å²) >= 11 is 0. The van der Waals surface area contributed by atoms with Crippen LogP contribution in [0.15, 0.2) is 24.3 Å². The van der Waals surface area contributed by atoms with Gasteiger partial charge in [-0.15, -0.1) is 0 Å². The smallest absolute Gasteiger partial charge is 0.281 e. The number of aliphatic hydroxyl groups excluding tert-OH is 1. The van der Waals surface area contributed by atoms with Gasteiger partial charge in [-0.3, -0.25) is 15.0 Å². The van der Waals surface area contributed by atoms with Gasteiger partial charge in [0.1, 0.15) is 5.69 Å². The summed E-state index contributed by atoms with van der Waals surface area (Å²) in [5.41, 5.74) is 5.04. The van der Waals surface area contributed by atoms with Gasteiger partial charge in [0, 0.05) is 16.8 Å². The summed E-state index contributed by atoms with van der Waals surface area (Å²) in [7, 11) is 0. The van der Waals surface area contributed by atoms with Crippen LogP contribution in [-0.2, 0) is 6.61 Å². The van der Waals surface area contributed by atoms with Crippen LogP contribution in [-0.4, -0.2) is 21.8 Å². The highest BCUT2D eigenvalue weighted by atomic mass is 16.3. The second-order valence-electron chi connectivity index (χ2n) is 4.79. The summed E-state index contributed by atoms with van der Waals surface area (Å²) in [6, 6.07) is 6.76. The summed E-state index contributed by atoms with van der Waals surface area (Å²) in [4.78, 5) is 27.1. The number of hydrogen-bond donors (Lipinski definition) is 4. The first kappa shape index (κ1) is 15.0. The first-order chi connectivity index (χ1) is 9.99. The summed E-state index contributed by atoms with van der Waals surface area (Å²) in [6.07, 6.45) is 0. The Morgan fingerprint density at radius 1 is 1.33 bits per heavy atom. The van der Waals surface area contributed by atoms with Gasteiger partial charge in [-0.25, -0.2) is 5.84 Å². The topological polar surface area (TPSA) is 108 Å². The van der Waals surface area contributed by atoms with Gasteiger partial charge in [-0.2, -0.15) is 0 Å². The Balaban J connectivity index is 2.48. The molecule has 1 aromatic carbocycles. The number of nitrogens with two attached hydrogens (primary N) is 1. The standard InChI is InChI=1S/C15H17N3O3/c1-8-12(9(2)17-13(8)15(21)18-16)14(20)11-5-3-4-10(6-11)7-19/h3-6,17,19H,7,16H2,1-2H3,(H,18,21). The SMILES string of the molecule is Cc1[nH]c(C(=O)NN)c(C)c1C(=O)c1cccc(CO)c1. The molecule has 0 atom stereocenters. The lowest BCUT2D eigenvalue weighted by atomic mass is 9.98. The first-order valence-corrected chi connectivity index (χ1v) is 6.44. The van der Waals surface area contributed by atoms with Crippen molar-refractivity contribution < 1.29 is 14.7 Å². The number of aliphatic hydroxyl groups is 1. The minimum absolute atomic E-state index is 0.132. The second-order valence-corrected chi connectivity index (χ2v) is 4.79. The highest BCUT2D eigenvalue weighted by Crippen LogP contribution is 2.22. The Labute approximate surface area is 121 Å². The third kappa shape index (κ3) is 2.72. The number of H-pyrrole nitrogens is 1. The minimum atomic E-state index is -0.473. The molecule has 0 saturated carbocycles. The van der Waals surface area contributed by atoms with Crippen molar-refractivity contribution >= 4 is 11.7 Å². The van der Waals surface area contributed by atoms with E-state index in [9.17, 15) is 9.59 Å². The highest BCUT2D eigenvalue weighted by molar-refractivity contribution is 6.12. The Morgan fingerprint density at radius 3 is 2.67 bits per heavy atom. The van der Waals surface area contributed by atoms with Crippen LogP contribution in [0, 0.1) is 13.8 Å². The highest BCUT2D eigenvalue weighted by Gasteiger charge is 2.22. The van der Waals surface area contributed by atoms with Crippen LogP contribution in [0.5, 0.6) is 0 Å². The van der Waals surface area contributed by atoms with E-state index >= 15 is 0 Å². The zero-order chi connectivity index (χ0) is 15.6. The van der Waals surface area contributed by atoms with Crippen molar-refractivity contribution in [3.8, 4) is 0 Å². The van der Waals surface area contributed by atoms with E-state index in [0.29, 0.717) is 27.9 Å². The molecular formula is C15H17N3O3. The van der Waals surface area contributed by atoms with Gasteiger partial charge in [-0.1, -0.05) is 18.2 Å². The lowest BCUT2D eigenvalue weighted by Crippen LogP contribution is -2.30. The van der Waals surface area contributed by atoms with Crippen LogP contribution in [0.2, 0.25) is 0 Å². The number of hydrazine groups is 1. The zero-order valence-corrected chi connectivity index (χ0v) is 11.9. The number of hydrogen-bond acceptors (Lipinski definition) is 4. The van der Waals surface area contributed by atoms with Crippen molar-refractivity contribution in [2.45, 2.75) is 20.5 Å². The van der Waals surface area contributed by atoms with Crippen LogP contribution >= 0.6 is 0 Å². The third-order valence-corrected chi connectivity index (χ3v) is 3.39.